The maximum absolute atomic E-state index is 13.6. The molecular weight excluding hydrogens is 744 g/mol. The normalized spacial score (nSPS) is 26.4. The lowest BCUT2D eigenvalue weighted by molar-refractivity contribution is -0.278. The van der Waals surface area contributed by atoms with E-state index in [-0.39, 0.29) is 36.2 Å². The standard InChI is InChI=1S/C35H36N14O8/c36-16-17-41-26-28(54-32(50)20-10-4-1-5-11-20)23(43-47-38)18-24(44-48-39)29(26)57-35-27(45-49-40)31(56-34(52)22-14-8-3-9-15-22)30(25(53-35)19-42-46-37)55-33(51)21-12-6-2-7-13-21/h1-15,23-31,35,41H,16-19,36H2/t23-,24+,25-,26+,27-,28+,29-,30-,31-,35-/m1/s1. The summed E-state index contributed by atoms with van der Waals surface area (Å²) in [6.07, 6.45) is -9.06. The van der Waals surface area contributed by atoms with E-state index in [0.717, 1.165) is 0 Å². The van der Waals surface area contributed by atoms with Gasteiger partial charge in [-0.25, -0.2) is 14.4 Å². The van der Waals surface area contributed by atoms with Gasteiger partial charge in [-0.15, -0.1) is 0 Å². The van der Waals surface area contributed by atoms with Crippen molar-refractivity contribution in [3.05, 3.63) is 149 Å². The number of nitrogens with zero attached hydrogens (tertiary/aromatic N) is 12. The second kappa shape index (κ2) is 20.7. The summed E-state index contributed by atoms with van der Waals surface area (Å²) in [5.74, 6) is -2.55. The first-order valence-electron chi connectivity index (χ1n) is 17.5. The van der Waals surface area contributed by atoms with Gasteiger partial charge < -0.3 is 34.7 Å². The van der Waals surface area contributed by atoms with Crippen molar-refractivity contribution in [3.8, 4) is 0 Å². The van der Waals surface area contributed by atoms with Crippen molar-refractivity contribution in [2.24, 2.45) is 26.2 Å². The van der Waals surface area contributed by atoms with Crippen LogP contribution in [0.1, 0.15) is 37.5 Å². The predicted octanol–water partition coefficient (Wildman–Crippen LogP) is 5.44. The molecule has 0 radical (unpaired) electrons. The first-order chi connectivity index (χ1) is 27.8. The minimum absolute atomic E-state index is 0.0719. The van der Waals surface area contributed by atoms with E-state index in [9.17, 15) is 36.5 Å². The summed E-state index contributed by atoms with van der Waals surface area (Å²) in [6, 6.07) is 18.6. The van der Waals surface area contributed by atoms with Crippen LogP contribution in [0.5, 0.6) is 0 Å². The van der Waals surface area contributed by atoms with Gasteiger partial charge in [-0.05, 0) is 64.9 Å². The molecule has 2 fully saturated rings. The fourth-order valence-corrected chi connectivity index (χ4v) is 6.53. The molecule has 1 saturated carbocycles. The molecule has 22 nitrogen and oxygen atoms in total. The highest BCUT2D eigenvalue weighted by Crippen LogP contribution is 2.36. The van der Waals surface area contributed by atoms with Gasteiger partial charge in [0.25, 0.3) is 0 Å². The molecule has 0 unspecified atom stereocenters. The average Bonchev–Trinajstić information content (AvgIpc) is 3.24. The van der Waals surface area contributed by atoms with E-state index in [1.807, 2.05) is 0 Å². The molecule has 57 heavy (non-hydrogen) atoms. The minimum Gasteiger partial charge on any atom is -0.457 e. The molecule has 1 aliphatic carbocycles. The van der Waals surface area contributed by atoms with Gasteiger partial charge in [0.05, 0.1) is 47.5 Å². The molecule has 3 N–H and O–H groups in total. The molecule has 2 aliphatic rings. The number of hydrogen-bond donors (Lipinski definition) is 2. The van der Waals surface area contributed by atoms with Crippen molar-refractivity contribution in [3.63, 3.8) is 0 Å². The van der Waals surface area contributed by atoms with E-state index in [0.29, 0.717) is 0 Å². The Balaban J connectivity index is 1.59. The lowest BCUT2D eigenvalue weighted by Gasteiger charge is -2.48. The molecule has 1 saturated heterocycles. The quantitative estimate of drug-likeness (QED) is 0.0609. The molecule has 0 amide bonds. The summed E-state index contributed by atoms with van der Waals surface area (Å²) >= 11 is 0. The Morgan fingerprint density at radius 2 is 1.14 bits per heavy atom. The molecule has 22 heteroatoms. The number of benzene rings is 3. The van der Waals surface area contributed by atoms with E-state index >= 15 is 0 Å². The van der Waals surface area contributed by atoms with Gasteiger partial charge in [0.2, 0.25) is 0 Å². The van der Waals surface area contributed by atoms with Crippen molar-refractivity contribution in [1.82, 2.24) is 5.32 Å². The number of hydrogen-bond acceptors (Lipinski definition) is 14. The van der Waals surface area contributed by atoms with E-state index in [1.165, 1.54) is 36.4 Å². The highest BCUT2D eigenvalue weighted by atomic mass is 16.7. The van der Waals surface area contributed by atoms with Crippen LogP contribution in [0.4, 0.5) is 0 Å². The zero-order chi connectivity index (χ0) is 40.6. The first-order valence-corrected chi connectivity index (χ1v) is 17.5. The van der Waals surface area contributed by atoms with Gasteiger partial charge in [-0.1, -0.05) is 75.1 Å². The highest BCUT2D eigenvalue weighted by molar-refractivity contribution is 5.90. The van der Waals surface area contributed by atoms with Crippen LogP contribution in [-0.2, 0) is 23.7 Å². The topological polar surface area (TPSA) is 330 Å². The number of nitrogens with one attached hydrogen (secondary N) is 1. The van der Waals surface area contributed by atoms with Gasteiger partial charge >= 0.3 is 17.9 Å². The number of carbonyl (C=O) groups excluding carboxylic acids is 3. The molecule has 1 heterocycles. The van der Waals surface area contributed by atoms with E-state index in [2.05, 4.69) is 45.4 Å². The fraction of sp³-hybridized carbons (Fsp3) is 0.400. The van der Waals surface area contributed by atoms with Gasteiger partial charge in [-0.2, -0.15) is 0 Å². The summed E-state index contributed by atoms with van der Waals surface area (Å²) in [5, 5.41) is 18.4. The summed E-state index contributed by atoms with van der Waals surface area (Å²) < 4.78 is 30.6. The minimum atomic E-state index is -1.70. The van der Waals surface area contributed by atoms with Crippen LogP contribution in [-0.4, -0.2) is 98.5 Å². The zero-order valence-corrected chi connectivity index (χ0v) is 30.0. The van der Waals surface area contributed by atoms with Crippen molar-refractivity contribution in [1.29, 1.82) is 0 Å². The van der Waals surface area contributed by atoms with Crippen molar-refractivity contribution >= 4 is 17.9 Å². The van der Waals surface area contributed by atoms with Crippen LogP contribution in [0.3, 0.4) is 0 Å². The van der Waals surface area contributed by atoms with Crippen LogP contribution in [0.15, 0.2) is 111 Å². The molecular formula is C35H36N14O8. The highest BCUT2D eigenvalue weighted by Gasteiger charge is 2.54. The third-order valence-corrected chi connectivity index (χ3v) is 9.05. The molecule has 0 aromatic heterocycles. The fourth-order valence-electron chi connectivity index (χ4n) is 6.53. The molecule has 5 rings (SSSR count). The average molecular weight is 781 g/mol. The Labute approximate surface area is 323 Å². The molecule has 10 atom stereocenters. The van der Waals surface area contributed by atoms with Gasteiger partial charge in [-0.3, -0.25) is 0 Å². The molecule has 294 valence electrons. The summed E-state index contributed by atoms with van der Waals surface area (Å²) in [4.78, 5) is 52.2. The molecule has 1 aliphatic heterocycles. The maximum Gasteiger partial charge on any atom is 0.338 e. The number of ether oxygens (including phenoxy) is 5. The number of rotatable bonds is 16. The monoisotopic (exact) mass is 780 g/mol. The third kappa shape index (κ3) is 10.5. The number of azide groups is 4. The SMILES string of the molecule is [N-]=[N+]=NC[C@H]1O[C@H](O[C@H]2[C@@H](NCCN)[C@@H](OC(=O)c3ccccc3)[C@H](N=[N+]=[N-])C[C@@H]2N=[N+]=[N-])[C@H](N=[N+]=[N-])[C@@H](OC(=O)c2ccccc2)[C@@H]1OC(=O)c1ccccc1. The Hall–Kier alpha value is -6.85. The Morgan fingerprint density at radius 3 is 1.61 bits per heavy atom. The Kier molecular flexibility index (Phi) is 15.0. The second-order valence-electron chi connectivity index (χ2n) is 12.5. The van der Waals surface area contributed by atoms with E-state index in [1.54, 1.807) is 54.6 Å². The van der Waals surface area contributed by atoms with Crippen LogP contribution < -0.4 is 11.1 Å². The second-order valence-corrected chi connectivity index (χ2v) is 12.5. The largest absolute Gasteiger partial charge is 0.457 e. The summed E-state index contributed by atoms with van der Waals surface area (Å²) in [5.41, 5.74) is 44.5. The Bertz CT molecular complexity index is 2040. The number of nitrogens with two attached hydrogens (primary N) is 1. The van der Waals surface area contributed by atoms with Gasteiger partial charge in [0.15, 0.2) is 18.5 Å². The molecule has 0 spiro atoms. The number of esters is 3. The van der Waals surface area contributed by atoms with Gasteiger partial charge in [0, 0.05) is 32.7 Å². The summed E-state index contributed by atoms with van der Waals surface area (Å²) in [7, 11) is 0. The van der Waals surface area contributed by atoms with E-state index in [4.69, 9.17) is 29.4 Å². The third-order valence-electron chi connectivity index (χ3n) is 9.05. The molecule has 0 bridgehead atoms. The van der Waals surface area contributed by atoms with Gasteiger partial charge in [0.1, 0.15) is 18.2 Å². The van der Waals surface area contributed by atoms with Crippen LogP contribution in [0.2, 0.25) is 0 Å². The Morgan fingerprint density at radius 1 is 0.667 bits per heavy atom. The summed E-state index contributed by atoms with van der Waals surface area (Å²) in [6.45, 7) is -0.334. The smallest absolute Gasteiger partial charge is 0.338 e. The predicted molar refractivity (Wildman–Crippen MR) is 199 cm³/mol. The van der Waals surface area contributed by atoms with Crippen molar-refractivity contribution in [2.45, 2.75) is 67.4 Å². The van der Waals surface area contributed by atoms with E-state index < -0.39 is 85.4 Å². The molecule has 3 aromatic carbocycles. The lowest BCUT2D eigenvalue weighted by Crippen LogP contribution is -2.66. The number of carbonyl (C=O) groups is 3. The lowest BCUT2D eigenvalue weighted by atomic mass is 9.82. The first kappa shape index (κ1) is 41.3. The maximum atomic E-state index is 13.6. The van der Waals surface area contributed by atoms with Crippen molar-refractivity contribution in [2.75, 3.05) is 19.6 Å². The van der Waals surface area contributed by atoms with Crippen LogP contribution in [0.25, 0.3) is 41.8 Å². The van der Waals surface area contributed by atoms with Crippen LogP contribution in [0, 0.1) is 0 Å². The molecule has 3 aromatic rings. The van der Waals surface area contributed by atoms with Crippen LogP contribution >= 0.6 is 0 Å². The zero-order valence-electron chi connectivity index (χ0n) is 30.0. The van der Waals surface area contributed by atoms with Crippen molar-refractivity contribution < 1.29 is 38.1 Å².